The topological polar surface area (TPSA) is 74.6 Å². The Morgan fingerprint density at radius 2 is 2.00 bits per heavy atom. The first kappa shape index (κ1) is 19.0. The highest BCUT2D eigenvalue weighted by molar-refractivity contribution is 5.87. The second-order valence-electron chi connectivity index (χ2n) is 8.34. The molecule has 5 atom stereocenters. The van der Waals surface area contributed by atoms with Gasteiger partial charge in [0.2, 0.25) is 0 Å². The van der Waals surface area contributed by atoms with Gasteiger partial charge in [0.25, 0.3) is 0 Å². The summed E-state index contributed by atoms with van der Waals surface area (Å²) in [5, 5.41) is 18.4. The molecular weight excluding hydrogens is 304 g/mol. The van der Waals surface area contributed by atoms with Gasteiger partial charge < -0.3 is 10.2 Å². The Morgan fingerprint density at radius 3 is 2.62 bits per heavy atom. The van der Waals surface area contributed by atoms with Crippen molar-refractivity contribution in [3.05, 3.63) is 11.6 Å². The van der Waals surface area contributed by atoms with Crippen molar-refractivity contribution in [3.63, 3.8) is 0 Å². The van der Waals surface area contributed by atoms with E-state index in [-0.39, 0.29) is 17.8 Å². The van der Waals surface area contributed by atoms with Gasteiger partial charge in [0.05, 0.1) is 0 Å². The summed E-state index contributed by atoms with van der Waals surface area (Å²) in [4.78, 5) is 22.4. The van der Waals surface area contributed by atoms with Crippen molar-refractivity contribution in [1.29, 1.82) is 0 Å². The van der Waals surface area contributed by atoms with E-state index in [1.165, 1.54) is 0 Å². The van der Waals surface area contributed by atoms with E-state index in [1.54, 1.807) is 0 Å². The third-order valence-corrected chi connectivity index (χ3v) is 6.73. The lowest BCUT2D eigenvalue weighted by Crippen LogP contribution is -2.46. The highest BCUT2D eigenvalue weighted by Gasteiger charge is 2.49. The standard InChI is InChI=1S/C20H32O4/c1-13(7-11-18(21)22)6-9-16-14(2)8-10-17-15(19(23)24)5-4-12-20(16,17)3/h5,13-14,16-17H,4,6-12H2,1-3H3,(H,21,22)(H,23,24)/t13-,14+,16+,17-,20-/m1/s1. The van der Waals surface area contributed by atoms with Gasteiger partial charge in [-0.1, -0.05) is 33.3 Å². The van der Waals surface area contributed by atoms with Crippen molar-refractivity contribution in [1.82, 2.24) is 0 Å². The van der Waals surface area contributed by atoms with Crippen LogP contribution >= 0.6 is 0 Å². The highest BCUT2D eigenvalue weighted by atomic mass is 16.4. The van der Waals surface area contributed by atoms with Gasteiger partial charge in [-0.05, 0) is 67.6 Å². The molecule has 24 heavy (non-hydrogen) atoms. The van der Waals surface area contributed by atoms with E-state index in [2.05, 4.69) is 20.8 Å². The van der Waals surface area contributed by atoms with Gasteiger partial charge in [0.15, 0.2) is 0 Å². The molecule has 0 amide bonds. The molecule has 4 nitrogen and oxygen atoms in total. The molecule has 2 rings (SSSR count). The minimum Gasteiger partial charge on any atom is -0.481 e. The molecule has 0 spiro atoms. The number of carboxylic acid groups (broad SMARTS) is 2. The predicted octanol–water partition coefficient (Wildman–Crippen LogP) is 4.74. The summed E-state index contributed by atoms with van der Waals surface area (Å²) in [5.74, 6) is 0.282. The van der Waals surface area contributed by atoms with E-state index in [1.807, 2.05) is 6.08 Å². The first-order valence-electron chi connectivity index (χ1n) is 9.40. The Balaban J connectivity index is 2.06. The fraction of sp³-hybridized carbons (Fsp3) is 0.800. The summed E-state index contributed by atoms with van der Waals surface area (Å²) < 4.78 is 0. The lowest BCUT2D eigenvalue weighted by atomic mass is 9.51. The molecule has 1 fully saturated rings. The van der Waals surface area contributed by atoms with E-state index in [9.17, 15) is 14.7 Å². The lowest BCUT2D eigenvalue weighted by Gasteiger charge is -2.53. The molecule has 0 aromatic heterocycles. The fourth-order valence-corrected chi connectivity index (χ4v) is 5.25. The van der Waals surface area contributed by atoms with Crippen LogP contribution in [0.3, 0.4) is 0 Å². The zero-order chi connectivity index (χ0) is 17.9. The van der Waals surface area contributed by atoms with Crippen LogP contribution in [-0.2, 0) is 9.59 Å². The van der Waals surface area contributed by atoms with Crippen molar-refractivity contribution in [3.8, 4) is 0 Å². The van der Waals surface area contributed by atoms with Gasteiger partial charge in [-0.3, -0.25) is 4.79 Å². The monoisotopic (exact) mass is 336 g/mol. The molecule has 2 N–H and O–H groups in total. The normalized spacial score (nSPS) is 34.1. The Labute approximate surface area is 145 Å². The maximum atomic E-state index is 11.6. The third kappa shape index (κ3) is 4.01. The molecule has 0 saturated heterocycles. The number of aliphatic carboxylic acids is 2. The Morgan fingerprint density at radius 1 is 1.29 bits per heavy atom. The summed E-state index contributed by atoms with van der Waals surface area (Å²) in [6.45, 7) is 6.75. The van der Waals surface area contributed by atoms with Crippen LogP contribution in [0.5, 0.6) is 0 Å². The minimum atomic E-state index is -0.742. The van der Waals surface area contributed by atoms with Crippen molar-refractivity contribution in [2.45, 2.75) is 72.1 Å². The van der Waals surface area contributed by atoms with Crippen LogP contribution in [0.2, 0.25) is 0 Å². The molecular formula is C20H32O4. The average molecular weight is 336 g/mol. The second-order valence-corrected chi connectivity index (χ2v) is 8.34. The van der Waals surface area contributed by atoms with Crippen LogP contribution in [0, 0.1) is 29.1 Å². The van der Waals surface area contributed by atoms with Gasteiger partial charge >= 0.3 is 11.9 Å². The van der Waals surface area contributed by atoms with Crippen molar-refractivity contribution < 1.29 is 19.8 Å². The van der Waals surface area contributed by atoms with Crippen molar-refractivity contribution in [2.75, 3.05) is 0 Å². The second kappa shape index (κ2) is 7.71. The molecule has 0 aliphatic heterocycles. The van der Waals surface area contributed by atoms with E-state index in [0.29, 0.717) is 23.3 Å². The van der Waals surface area contributed by atoms with E-state index in [0.717, 1.165) is 44.9 Å². The van der Waals surface area contributed by atoms with Crippen LogP contribution in [-0.4, -0.2) is 22.2 Å². The molecule has 0 unspecified atom stereocenters. The van der Waals surface area contributed by atoms with Gasteiger partial charge in [0, 0.05) is 12.0 Å². The molecule has 0 radical (unpaired) electrons. The highest BCUT2D eigenvalue weighted by Crippen LogP contribution is 2.57. The van der Waals surface area contributed by atoms with E-state index < -0.39 is 11.9 Å². The maximum absolute atomic E-state index is 11.6. The quantitative estimate of drug-likeness (QED) is 0.704. The zero-order valence-corrected chi connectivity index (χ0v) is 15.3. The van der Waals surface area contributed by atoms with Gasteiger partial charge in [-0.25, -0.2) is 4.79 Å². The molecule has 0 aromatic rings. The van der Waals surface area contributed by atoms with Gasteiger partial charge in [0.1, 0.15) is 0 Å². The van der Waals surface area contributed by atoms with E-state index >= 15 is 0 Å². The molecule has 0 aromatic carbocycles. The number of hydrogen-bond donors (Lipinski definition) is 2. The summed E-state index contributed by atoms with van der Waals surface area (Å²) >= 11 is 0. The Bertz CT molecular complexity index is 510. The largest absolute Gasteiger partial charge is 0.481 e. The average Bonchev–Trinajstić information content (AvgIpc) is 2.50. The molecule has 2 aliphatic carbocycles. The summed E-state index contributed by atoms with van der Waals surface area (Å²) in [6, 6.07) is 0. The van der Waals surface area contributed by atoms with Crippen LogP contribution in [0.15, 0.2) is 11.6 Å². The fourth-order valence-electron chi connectivity index (χ4n) is 5.25. The third-order valence-electron chi connectivity index (χ3n) is 6.73. The number of hydrogen-bond acceptors (Lipinski definition) is 2. The molecule has 2 aliphatic rings. The summed E-state index contributed by atoms with van der Waals surface area (Å²) in [6.07, 6.45) is 9.07. The molecule has 4 heteroatoms. The summed E-state index contributed by atoms with van der Waals surface area (Å²) in [5.41, 5.74) is 0.715. The van der Waals surface area contributed by atoms with Crippen LogP contribution < -0.4 is 0 Å². The molecule has 0 heterocycles. The van der Waals surface area contributed by atoms with Crippen LogP contribution in [0.4, 0.5) is 0 Å². The number of carbonyl (C=O) groups is 2. The van der Waals surface area contributed by atoms with Crippen LogP contribution in [0.1, 0.15) is 72.1 Å². The molecule has 1 saturated carbocycles. The zero-order valence-electron chi connectivity index (χ0n) is 15.3. The van der Waals surface area contributed by atoms with E-state index in [4.69, 9.17) is 5.11 Å². The van der Waals surface area contributed by atoms with Gasteiger partial charge in [-0.15, -0.1) is 0 Å². The number of allylic oxidation sites excluding steroid dienone is 1. The maximum Gasteiger partial charge on any atom is 0.331 e. The van der Waals surface area contributed by atoms with Crippen molar-refractivity contribution >= 4 is 11.9 Å². The summed E-state index contributed by atoms with van der Waals surface area (Å²) in [7, 11) is 0. The first-order valence-corrected chi connectivity index (χ1v) is 9.40. The number of carboxylic acids is 2. The smallest absolute Gasteiger partial charge is 0.331 e. The minimum absolute atomic E-state index is 0.0760. The molecule has 136 valence electrons. The first-order chi connectivity index (χ1) is 11.3. The Hall–Kier alpha value is -1.32. The van der Waals surface area contributed by atoms with Crippen molar-refractivity contribution in [2.24, 2.45) is 29.1 Å². The predicted molar refractivity (Wildman–Crippen MR) is 93.7 cm³/mol. The molecule has 0 bridgehead atoms. The number of fused-ring (bicyclic) bond motifs is 1. The number of rotatable bonds is 7. The SMILES string of the molecule is C[C@@H](CCC(=O)O)CC[C@H]1[C@@H](C)CC[C@@H]2C(C(=O)O)=CCC[C@@]21C. The lowest BCUT2D eigenvalue weighted by molar-refractivity contribution is -0.137. The van der Waals surface area contributed by atoms with Crippen LogP contribution in [0.25, 0.3) is 0 Å². The van der Waals surface area contributed by atoms with Gasteiger partial charge in [-0.2, -0.15) is 0 Å². The Kier molecular flexibility index (Phi) is 6.11.